The number of benzene rings is 1. The Morgan fingerprint density at radius 2 is 1.94 bits per heavy atom. The van der Waals surface area contributed by atoms with Crippen LogP contribution >= 0.6 is 0 Å². The maximum atomic E-state index is 11.6. The zero-order chi connectivity index (χ0) is 12.4. The highest BCUT2D eigenvalue weighted by atomic mass is 16.1. The summed E-state index contributed by atoms with van der Waals surface area (Å²) >= 11 is 0. The molecule has 0 bridgehead atoms. The maximum Gasteiger partial charge on any atom is 0.348 e. The van der Waals surface area contributed by atoms with Crippen molar-refractivity contribution in [2.45, 2.75) is 6.92 Å². The second-order valence-electron chi connectivity index (χ2n) is 3.74. The molecule has 0 atom stereocenters. The van der Waals surface area contributed by atoms with Crippen LogP contribution in [0.4, 0.5) is 0 Å². The third-order valence-corrected chi connectivity index (χ3v) is 2.76. The monoisotopic (exact) mass is 225 g/mol. The predicted molar refractivity (Wildman–Crippen MR) is 64.4 cm³/mol. The van der Waals surface area contributed by atoms with Crippen LogP contribution in [0.5, 0.6) is 0 Å². The van der Waals surface area contributed by atoms with Crippen LogP contribution in [0.3, 0.4) is 0 Å². The van der Waals surface area contributed by atoms with Crippen molar-refractivity contribution in [1.82, 2.24) is 9.55 Å². The fourth-order valence-corrected chi connectivity index (χ4v) is 1.65. The van der Waals surface area contributed by atoms with Gasteiger partial charge in [-0.05, 0) is 6.92 Å². The Balaban J connectivity index is 2.81. The molecule has 4 nitrogen and oxygen atoms in total. The minimum Gasteiger partial charge on any atom is -0.298 e. The molecule has 2 rings (SSSR count). The van der Waals surface area contributed by atoms with E-state index in [4.69, 9.17) is 0 Å². The van der Waals surface area contributed by atoms with E-state index in [1.807, 2.05) is 30.3 Å². The highest BCUT2D eigenvalue weighted by Gasteiger charge is 2.13. The summed E-state index contributed by atoms with van der Waals surface area (Å²) in [6, 6.07) is 11.4. The molecular formula is C13H11N3O. The van der Waals surface area contributed by atoms with Crippen LogP contribution in [0.2, 0.25) is 0 Å². The van der Waals surface area contributed by atoms with Crippen molar-refractivity contribution in [2.75, 3.05) is 0 Å². The van der Waals surface area contributed by atoms with Gasteiger partial charge in [-0.15, -0.1) is 0 Å². The smallest absolute Gasteiger partial charge is 0.298 e. The molecule has 0 aliphatic rings. The molecule has 0 amide bonds. The molecule has 17 heavy (non-hydrogen) atoms. The predicted octanol–water partition coefficient (Wildman–Crippen LogP) is 1.63. The van der Waals surface area contributed by atoms with Gasteiger partial charge in [-0.25, -0.2) is 4.79 Å². The fourth-order valence-electron chi connectivity index (χ4n) is 1.65. The first-order valence-corrected chi connectivity index (χ1v) is 5.18. The van der Waals surface area contributed by atoms with Gasteiger partial charge in [0.15, 0.2) is 0 Å². The van der Waals surface area contributed by atoms with E-state index < -0.39 is 0 Å². The quantitative estimate of drug-likeness (QED) is 0.741. The van der Waals surface area contributed by atoms with Crippen LogP contribution in [0.25, 0.3) is 11.3 Å². The van der Waals surface area contributed by atoms with E-state index in [1.54, 1.807) is 14.0 Å². The average Bonchev–Trinajstić information content (AvgIpc) is 2.36. The van der Waals surface area contributed by atoms with E-state index >= 15 is 0 Å². The molecule has 0 saturated carbocycles. The molecule has 1 aromatic heterocycles. The highest BCUT2D eigenvalue weighted by molar-refractivity contribution is 5.67. The van der Waals surface area contributed by atoms with Gasteiger partial charge < -0.3 is 0 Å². The first kappa shape index (κ1) is 11.1. The van der Waals surface area contributed by atoms with Crippen LogP contribution in [-0.2, 0) is 7.05 Å². The van der Waals surface area contributed by atoms with E-state index in [0.29, 0.717) is 17.0 Å². The first-order valence-electron chi connectivity index (χ1n) is 5.18. The largest absolute Gasteiger partial charge is 0.348 e. The lowest BCUT2D eigenvalue weighted by atomic mass is 10.1. The third-order valence-electron chi connectivity index (χ3n) is 2.76. The lowest BCUT2D eigenvalue weighted by Crippen LogP contribution is -2.24. The normalized spacial score (nSPS) is 9.94. The molecule has 4 heteroatoms. The van der Waals surface area contributed by atoms with Crippen molar-refractivity contribution in [1.29, 1.82) is 5.26 Å². The maximum absolute atomic E-state index is 11.6. The first-order chi connectivity index (χ1) is 8.15. The summed E-state index contributed by atoms with van der Waals surface area (Å²) in [6.45, 7) is 1.74. The molecule has 0 radical (unpaired) electrons. The van der Waals surface area contributed by atoms with E-state index in [0.717, 1.165) is 5.56 Å². The number of hydrogen-bond acceptors (Lipinski definition) is 3. The molecule has 2 aromatic rings. The minimum atomic E-state index is -0.347. The van der Waals surface area contributed by atoms with Gasteiger partial charge in [0.1, 0.15) is 6.07 Å². The van der Waals surface area contributed by atoms with Crippen LogP contribution in [0, 0.1) is 18.3 Å². The van der Waals surface area contributed by atoms with Crippen LogP contribution in [0.1, 0.15) is 11.3 Å². The molecule has 0 fully saturated rings. The summed E-state index contributed by atoms with van der Waals surface area (Å²) in [6.07, 6.45) is 0. The SMILES string of the molecule is Cc1c(C#N)c(-c2ccccc2)nc(=O)n1C. The molecule has 0 aliphatic heterocycles. The van der Waals surface area contributed by atoms with Gasteiger partial charge in [0, 0.05) is 18.3 Å². The number of rotatable bonds is 1. The molecule has 84 valence electrons. The molecule has 0 N–H and O–H groups in total. The van der Waals surface area contributed by atoms with E-state index in [1.165, 1.54) is 4.57 Å². The minimum absolute atomic E-state index is 0.347. The summed E-state index contributed by atoms with van der Waals surface area (Å²) in [5.74, 6) is 0. The Morgan fingerprint density at radius 1 is 1.29 bits per heavy atom. The van der Waals surface area contributed by atoms with E-state index in [2.05, 4.69) is 11.1 Å². The summed E-state index contributed by atoms with van der Waals surface area (Å²) in [7, 11) is 1.61. The van der Waals surface area contributed by atoms with Gasteiger partial charge >= 0.3 is 5.69 Å². The Hall–Kier alpha value is -2.41. The number of nitriles is 1. The van der Waals surface area contributed by atoms with E-state index in [9.17, 15) is 10.1 Å². The molecule has 1 aromatic carbocycles. The van der Waals surface area contributed by atoms with Gasteiger partial charge in [-0.1, -0.05) is 30.3 Å². The Labute approximate surface area is 98.8 Å². The number of aromatic nitrogens is 2. The number of nitrogens with zero attached hydrogens (tertiary/aromatic N) is 3. The summed E-state index contributed by atoms with van der Waals surface area (Å²) < 4.78 is 1.38. The van der Waals surface area contributed by atoms with Crippen molar-refractivity contribution in [3.8, 4) is 17.3 Å². The molecule has 0 unspecified atom stereocenters. The molecule has 1 heterocycles. The van der Waals surface area contributed by atoms with E-state index in [-0.39, 0.29) is 5.69 Å². The lowest BCUT2D eigenvalue weighted by molar-refractivity contribution is 0.773. The lowest BCUT2D eigenvalue weighted by Gasteiger charge is -2.09. The number of hydrogen-bond donors (Lipinski definition) is 0. The molecule has 0 saturated heterocycles. The third kappa shape index (κ3) is 1.83. The Bertz CT molecular complexity index is 651. The molecule has 0 spiro atoms. The summed E-state index contributed by atoms with van der Waals surface area (Å²) in [5, 5.41) is 9.17. The highest BCUT2D eigenvalue weighted by Crippen LogP contribution is 2.21. The fraction of sp³-hybridized carbons (Fsp3) is 0.154. The standard InChI is InChI=1S/C13H11N3O/c1-9-11(8-14)12(15-13(17)16(9)2)10-6-4-3-5-7-10/h3-7H,1-2H3. The Kier molecular flexibility index (Phi) is 2.75. The van der Waals surface area contributed by atoms with Crippen molar-refractivity contribution < 1.29 is 0 Å². The van der Waals surface area contributed by atoms with Crippen molar-refractivity contribution >= 4 is 0 Å². The Morgan fingerprint density at radius 3 is 2.53 bits per heavy atom. The second-order valence-corrected chi connectivity index (χ2v) is 3.74. The van der Waals surface area contributed by atoms with Gasteiger partial charge in [0.05, 0.1) is 11.3 Å². The second kappa shape index (κ2) is 4.22. The summed E-state index contributed by atoms with van der Waals surface area (Å²) in [5.41, 5.74) is 1.96. The van der Waals surface area contributed by atoms with Crippen LogP contribution in [-0.4, -0.2) is 9.55 Å². The van der Waals surface area contributed by atoms with Gasteiger partial charge in [-0.2, -0.15) is 10.2 Å². The molecule has 0 aliphatic carbocycles. The van der Waals surface area contributed by atoms with Crippen molar-refractivity contribution in [3.63, 3.8) is 0 Å². The van der Waals surface area contributed by atoms with Gasteiger partial charge in [-0.3, -0.25) is 4.57 Å². The molecular weight excluding hydrogens is 214 g/mol. The van der Waals surface area contributed by atoms with Crippen LogP contribution < -0.4 is 5.69 Å². The topological polar surface area (TPSA) is 58.7 Å². The average molecular weight is 225 g/mol. The zero-order valence-corrected chi connectivity index (χ0v) is 9.64. The van der Waals surface area contributed by atoms with Crippen LogP contribution in [0.15, 0.2) is 35.1 Å². The zero-order valence-electron chi connectivity index (χ0n) is 9.64. The van der Waals surface area contributed by atoms with Crippen molar-refractivity contribution in [2.24, 2.45) is 7.05 Å². The van der Waals surface area contributed by atoms with Gasteiger partial charge in [0.2, 0.25) is 0 Å². The summed E-state index contributed by atoms with van der Waals surface area (Å²) in [4.78, 5) is 15.6. The van der Waals surface area contributed by atoms with Gasteiger partial charge in [0.25, 0.3) is 0 Å². The van der Waals surface area contributed by atoms with Crippen molar-refractivity contribution in [3.05, 3.63) is 52.1 Å².